The SMILES string of the molecule is COC(=O)c1ccc(S(=O)(=O)NC(CN)C2CCCCC2)c(OC)c1.Cl. The molecule has 9 heteroatoms. The average molecular weight is 407 g/mol. The highest BCUT2D eigenvalue weighted by Gasteiger charge is 2.29. The second kappa shape index (κ2) is 10.1. The molecule has 1 saturated carbocycles. The molecule has 2 rings (SSSR count). The molecule has 148 valence electrons. The van der Waals surface area contributed by atoms with Gasteiger partial charge in [0.25, 0.3) is 0 Å². The minimum absolute atomic E-state index is 0. The van der Waals surface area contributed by atoms with Gasteiger partial charge in [0.2, 0.25) is 10.0 Å². The Hall–Kier alpha value is -1.35. The van der Waals surface area contributed by atoms with Crippen LogP contribution in [0.15, 0.2) is 23.1 Å². The first-order chi connectivity index (χ1) is 11.9. The summed E-state index contributed by atoms with van der Waals surface area (Å²) >= 11 is 0. The highest BCUT2D eigenvalue weighted by molar-refractivity contribution is 7.89. The van der Waals surface area contributed by atoms with Gasteiger partial charge in [-0.15, -0.1) is 12.4 Å². The summed E-state index contributed by atoms with van der Waals surface area (Å²) in [6, 6.07) is 3.80. The molecule has 0 aromatic heterocycles. The summed E-state index contributed by atoms with van der Waals surface area (Å²) < 4.78 is 38.2. The van der Waals surface area contributed by atoms with E-state index in [1.165, 1.54) is 38.8 Å². The van der Waals surface area contributed by atoms with Crippen LogP contribution in [0.5, 0.6) is 5.75 Å². The Balaban J connectivity index is 0.00000338. The summed E-state index contributed by atoms with van der Waals surface area (Å²) in [6.45, 7) is 0.243. The molecule has 1 atom stereocenters. The van der Waals surface area contributed by atoms with Crippen molar-refractivity contribution in [2.45, 2.75) is 43.0 Å². The normalized spacial score (nSPS) is 16.4. The highest BCUT2D eigenvalue weighted by Crippen LogP contribution is 2.29. The van der Waals surface area contributed by atoms with Crippen LogP contribution < -0.4 is 15.2 Å². The molecule has 1 unspecified atom stereocenters. The van der Waals surface area contributed by atoms with Crippen molar-refractivity contribution in [3.8, 4) is 5.75 Å². The molecule has 0 heterocycles. The monoisotopic (exact) mass is 406 g/mol. The van der Waals surface area contributed by atoms with Gasteiger partial charge in [0.05, 0.1) is 19.8 Å². The number of nitrogens with one attached hydrogen (secondary N) is 1. The topological polar surface area (TPSA) is 108 Å². The zero-order valence-electron chi connectivity index (χ0n) is 15.1. The molecule has 1 aliphatic carbocycles. The molecule has 0 aliphatic heterocycles. The van der Waals surface area contributed by atoms with Gasteiger partial charge in [0.1, 0.15) is 10.6 Å². The lowest BCUT2D eigenvalue weighted by atomic mass is 9.84. The number of carbonyl (C=O) groups is 1. The Labute approximate surface area is 161 Å². The van der Waals surface area contributed by atoms with Crippen LogP contribution in [0.2, 0.25) is 0 Å². The first kappa shape index (κ1) is 22.7. The van der Waals surface area contributed by atoms with Crippen LogP contribution in [0.4, 0.5) is 0 Å². The number of carbonyl (C=O) groups excluding carboxylic acids is 1. The van der Waals surface area contributed by atoms with E-state index in [0.717, 1.165) is 25.7 Å². The molecule has 7 nitrogen and oxygen atoms in total. The van der Waals surface area contributed by atoms with Crippen LogP contribution in [0.25, 0.3) is 0 Å². The van der Waals surface area contributed by atoms with E-state index < -0.39 is 16.0 Å². The largest absolute Gasteiger partial charge is 0.495 e. The third-order valence-corrected chi connectivity index (χ3v) is 6.18. The maximum absolute atomic E-state index is 12.8. The smallest absolute Gasteiger partial charge is 0.337 e. The lowest BCUT2D eigenvalue weighted by Crippen LogP contribution is -2.45. The van der Waals surface area contributed by atoms with Crippen LogP contribution in [0.1, 0.15) is 42.5 Å². The zero-order chi connectivity index (χ0) is 18.4. The van der Waals surface area contributed by atoms with Gasteiger partial charge in [-0.05, 0) is 37.0 Å². The molecule has 0 radical (unpaired) electrons. The number of esters is 1. The highest BCUT2D eigenvalue weighted by atomic mass is 35.5. The van der Waals surface area contributed by atoms with Crippen molar-refractivity contribution in [3.05, 3.63) is 23.8 Å². The molecular formula is C17H27ClN2O5S. The van der Waals surface area contributed by atoms with Gasteiger partial charge in [-0.2, -0.15) is 0 Å². The molecule has 3 N–H and O–H groups in total. The van der Waals surface area contributed by atoms with Crippen LogP contribution in [-0.2, 0) is 14.8 Å². The molecule has 0 spiro atoms. The molecule has 1 aliphatic rings. The third-order valence-electron chi connectivity index (χ3n) is 4.65. The predicted molar refractivity (Wildman–Crippen MR) is 101 cm³/mol. The van der Waals surface area contributed by atoms with Gasteiger partial charge in [0, 0.05) is 12.6 Å². The summed E-state index contributed by atoms with van der Waals surface area (Å²) in [5, 5.41) is 0. The Bertz CT molecular complexity index is 705. The van der Waals surface area contributed by atoms with Gasteiger partial charge in [0.15, 0.2) is 0 Å². The fourth-order valence-corrected chi connectivity index (χ4v) is 4.74. The van der Waals surface area contributed by atoms with Gasteiger partial charge in [-0.3, -0.25) is 0 Å². The van der Waals surface area contributed by atoms with Crippen LogP contribution in [0, 0.1) is 5.92 Å². The molecule has 1 aromatic rings. The van der Waals surface area contributed by atoms with E-state index in [1.54, 1.807) is 0 Å². The van der Waals surface area contributed by atoms with E-state index in [-0.39, 0.29) is 47.1 Å². The number of benzene rings is 1. The first-order valence-corrected chi connectivity index (χ1v) is 9.90. The van der Waals surface area contributed by atoms with Crippen molar-refractivity contribution in [1.29, 1.82) is 0 Å². The van der Waals surface area contributed by atoms with E-state index in [9.17, 15) is 13.2 Å². The number of sulfonamides is 1. The van der Waals surface area contributed by atoms with E-state index in [2.05, 4.69) is 9.46 Å². The Morgan fingerprint density at radius 3 is 2.46 bits per heavy atom. The average Bonchev–Trinajstić information content (AvgIpc) is 2.65. The summed E-state index contributed by atoms with van der Waals surface area (Å²) in [7, 11) is -1.20. The number of hydrogen-bond acceptors (Lipinski definition) is 6. The van der Waals surface area contributed by atoms with Crippen molar-refractivity contribution in [2.24, 2.45) is 11.7 Å². The second-order valence-electron chi connectivity index (χ2n) is 6.22. The number of nitrogens with two attached hydrogens (primary N) is 1. The van der Waals surface area contributed by atoms with E-state index >= 15 is 0 Å². The van der Waals surface area contributed by atoms with Gasteiger partial charge >= 0.3 is 5.97 Å². The minimum atomic E-state index is -3.82. The molecule has 26 heavy (non-hydrogen) atoms. The van der Waals surface area contributed by atoms with Gasteiger partial charge < -0.3 is 15.2 Å². The summed E-state index contributed by atoms with van der Waals surface area (Å²) in [5.41, 5.74) is 6.05. The quantitative estimate of drug-likeness (QED) is 0.671. The molecule has 0 saturated heterocycles. The van der Waals surface area contributed by atoms with Crippen molar-refractivity contribution in [1.82, 2.24) is 4.72 Å². The minimum Gasteiger partial charge on any atom is -0.495 e. The van der Waals surface area contributed by atoms with Crippen molar-refractivity contribution in [2.75, 3.05) is 20.8 Å². The van der Waals surface area contributed by atoms with Crippen LogP contribution in [-0.4, -0.2) is 41.2 Å². The Morgan fingerprint density at radius 2 is 1.92 bits per heavy atom. The van der Waals surface area contributed by atoms with Crippen LogP contribution >= 0.6 is 12.4 Å². The zero-order valence-corrected chi connectivity index (χ0v) is 16.7. The fraction of sp³-hybridized carbons (Fsp3) is 0.588. The number of hydrogen-bond donors (Lipinski definition) is 2. The predicted octanol–water partition coefficient (Wildman–Crippen LogP) is 2.09. The fourth-order valence-electron chi connectivity index (χ4n) is 3.27. The molecule has 0 bridgehead atoms. The summed E-state index contributed by atoms with van der Waals surface area (Å²) in [4.78, 5) is 11.6. The maximum atomic E-state index is 12.8. The van der Waals surface area contributed by atoms with Gasteiger partial charge in [-0.25, -0.2) is 17.9 Å². The number of halogens is 1. The Kier molecular flexibility index (Phi) is 8.82. The van der Waals surface area contributed by atoms with E-state index in [4.69, 9.17) is 10.5 Å². The maximum Gasteiger partial charge on any atom is 0.337 e. The number of rotatable bonds is 7. The molecule has 1 fully saturated rings. The first-order valence-electron chi connectivity index (χ1n) is 8.41. The molecule has 0 amide bonds. The molecule has 1 aromatic carbocycles. The van der Waals surface area contributed by atoms with E-state index in [1.807, 2.05) is 0 Å². The molecular weight excluding hydrogens is 380 g/mol. The number of ether oxygens (including phenoxy) is 2. The van der Waals surface area contributed by atoms with E-state index in [0.29, 0.717) is 0 Å². The summed E-state index contributed by atoms with van der Waals surface area (Å²) in [5.74, 6) is -0.221. The summed E-state index contributed by atoms with van der Waals surface area (Å²) in [6.07, 6.45) is 5.33. The standard InChI is InChI=1S/C17H26N2O5S.ClH/c1-23-15-10-13(17(20)24-2)8-9-16(15)25(21,22)19-14(11-18)12-6-4-3-5-7-12;/h8-10,12,14,19H,3-7,11,18H2,1-2H3;1H. The van der Waals surface area contributed by atoms with Crippen molar-refractivity contribution in [3.63, 3.8) is 0 Å². The van der Waals surface area contributed by atoms with Crippen molar-refractivity contribution >= 4 is 28.4 Å². The van der Waals surface area contributed by atoms with Gasteiger partial charge in [-0.1, -0.05) is 19.3 Å². The lowest BCUT2D eigenvalue weighted by Gasteiger charge is -2.30. The van der Waals surface area contributed by atoms with Crippen molar-refractivity contribution < 1.29 is 22.7 Å². The van der Waals surface area contributed by atoms with Crippen LogP contribution in [0.3, 0.4) is 0 Å². The third kappa shape index (κ3) is 5.33. The lowest BCUT2D eigenvalue weighted by molar-refractivity contribution is 0.0600. The Morgan fingerprint density at radius 1 is 1.27 bits per heavy atom. The number of methoxy groups -OCH3 is 2. The second-order valence-corrected chi connectivity index (χ2v) is 7.90.